The molecule has 5 nitrogen and oxygen atoms in total. The van der Waals surface area contributed by atoms with Crippen molar-refractivity contribution in [1.82, 2.24) is 10.3 Å². The number of carboxylic acids is 1. The molecule has 1 amide bonds. The molecule has 1 aromatic heterocycles. The SMILES string of the molecule is Cc1nc(C(=O)NCC2CC2(C)C)ccc1C(=O)O. The molecule has 0 radical (unpaired) electrons. The molecule has 1 saturated carbocycles. The number of carbonyl (C=O) groups excluding carboxylic acids is 1. The molecular formula is C14H18N2O3. The summed E-state index contributed by atoms with van der Waals surface area (Å²) in [4.78, 5) is 26.8. The van der Waals surface area contributed by atoms with Crippen molar-refractivity contribution >= 4 is 11.9 Å². The lowest BCUT2D eigenvalue weighted by atomic mass is 10.1. The fourth-order valence-corrected chi connectivity index (χ4v) is 2.14. The highest BCUT2D eigenvalue weighted by Crippen LogP contribution is 2.50. The Morgan fingerprint density at radius 1 is 1.47 bits per heavy atom. The standard InChI is InChI=1S/C14H18N2O3/c1-8-10(13(18)19)4-5-11(16-8)12(17)15-7-9-6-14(9,2)3/h4-5,9H,6-7H2,1-3H3,(H,15,17)(H,18,19). The second-order valence-corrected chi connectivity index (χ2v) is 5.73. The molecule has 1 heterocycles. The lowest BCUT2D eigenvalue weighted by Gasteiger charge is -2.07. The van der Waals surface area contributed by atoms with Gasteiger partial charge in [-0.25, -0.2) is 9.78 Å². The summed E-state index contributed by atoms with van der Waals surface area (Å²) in [5.41, 5.74) is 1.07. The fraction of sp³-hybridized carbons (Fsp3) is 0.500. The van der Waals surface area contributed by atoms with Crippen LogP contribution in [0.4, 0.5) is 0 Å². The number of pyridine rings is 1. The summed E-state index contributed by atoms with van der Waals surface area (Å²) in [6, 6.07) is 2.87. The molecule has 0 aliphatic heterocycles. The third-order valence-electron chi connectivity index (χ3n) is 3.78. The van der Waals surface area contributed by atoms with E-state index in [1.165, 1.54) is 12.1 Å². The van der Waals surface area contributed by atoms with E-state index in [0.29, 0.717) is 23.6 Å². The Kier molecular flexibility index (Phi) is 3.30. The average Bonchev–Trinajstić information content (AvgIpc) is 2.93. The van der Waals surface area contributed by atoms with E-state index in [1.54, 1.807) is 6.92 Å². The first-order valence-electron chi connectivity index (χ1n) is 6.30. The number of aryl methyl sites for hydroxylation is 1. The van der Waals surface area contributed by atoms with Crippen molar-refractivity contribution in [1.29, 1.82) is 0 Å². The summed E-state index contributed by atoms with van der Waals surface area (Å²) >= 11 is 0. The Morgan fingerprint density at radius 3 is 2.58 bits per heavy atom. The van der Waals surface area contributed by atoms with Crippen LogP contribution in [0, 0.1) is 18.3 Å². The van der Waals surface area contributed by atoms with E-state index in [9.17, 15) is 9.59 Å². The number of carbonyl (C=O) groups is 2. The third-order valence-corrected chi connectivity index (χ3v) is 3.78. The quantitative estimate of drug-likeness (QED) is 0.868. The summed E-state index contributed by atoms with van der Waals surface area (Å²) in [5.74, 6) is -0.754. The molecule has 102 valence electrons. The molecule has 1 aliphatic carbocycles. The molecule has 1 unspecified atom stereocenters. The number of hydrogen-bond acceptors (Lipinski definition) is 3. The molecular weight excluding hydrogens is 244 g/mol. The largest absolute Gasteiger partial charge is 0.478 e. The number of nitrogens with zero attached hydrogens (tertiary/aromatic N) is 1. The first kappa shape index (κ1) is 13.5. The van der Waals surface area contributed by atoms with E-state index in [0.717, 1.165) is 6.42 Å². The van der Waals surface area contributed by atoms with Gasteiger partial charge in [0.15, 0.2) is 0 Å². The van der Waals surface area contributed by atoms with Crippen LogP contribution in [0.3, 0.4) is 0 Å². The monoisotopic (exact) mass is 262 g/mol. The zero-order chi connectivity index (χ0) is 14.2. The second kappa shape index (κ2) is 4.64. The van der Waals surface area contributed by atoms with E-state index in [-0.39, 0.29) is 17.2 Å². The molecule has 0 saturated heterocycles. The van der Waals surface area contributed by atoms with Gasteiger partial charge in [0.1, 0.15) is 5.69 Å². The summed E-state index contributed by atoms with van der Waals surface area (Å²) in [7, 11) is 0. The minimum atomic E-state index is -1.03. The van der Waals surface area contributed by atoms with Gasteiger partial charge in [-0.05, 0) is 36.8 Å². The van der Waals surface area contributed by atoms with Crippen molar-refractivity contribution in [2.45, 2.75) is 27.2 Å². The van der Waals surface area contributed by atoms with E-state index >= 15 is 0 Å². The van der Waals surface area contributed by atoms with Gasteiger partial charge in [-0.1, -0.05) is 13.8 Å². The molecule has 1 aromatic rings. The Hall–Kier alpha value is -1.91. The van der Waals surface area contributed by atoms with Gasteiger partial charge < -0.3 is 10.4 Å². The average molecular weight is 262 g/mol. The van der Waals surface area contributed by atoms with Crippen molar-refractivity contribution in [3.05, 3.63) is 29.1 Å². The van der Waals surface area contributed by atoms with E-state index in [2.05, 4.69) is 24.1 Å². The van der Waals surface area contributed by atoms with Crippen molar-refractivity contribution in [2.24, 2.45) is 11.3 Å². The highest BCUT2D eigenvalue weighted by Gasteiger charge is 2.45. The Labute approximate surface area is 112 Å². The minimum Gasteiger partial charge on any atom is -0.478 e. The molecule has 1 atom stereocenters. The van der Waals surface area contributed by atoms with Gasteiger partial charge in [0.25, 0.3) is 5.91 Å². The van der Waals surface area contributed by atoms with Crippen LogP contribution in [0.15, 0.2) is 12.1 Å². The van der Waals surface area contributed by atoms with Gasteiger partial charge in [-0.15, -0.1) is 0 Å². The number of nitrogens with one attached hydrogen (secondary N) is 1. The maximum Gasteiger partial charge on any atom is 0.337 e. The van der Waals surface area contributed by atoms with Crippen LogP contribution in [-0.4, -0.2) is 28.5 Å². The van der Waals surface area contributed by atoms with Crippen LogP contribution in [0.2, 0.25) is 0 Å². The predicted octanol–water partition coefficient (Wildman–Crippen LogP) is 1.86. The lowest BCUT2D eigenvalue weighted by molar-refractivity contribution is 0.0694. The zero-order valence-corrected chi connectivity index (χ0v) is 11.4. The number of rotatable bonds is 4. The highest BCUT2D eigenvalue weighted by molar-refractivity contribution is 5.94. The number of aromatic nitrogens is 1. The number of hydrogen-bond donors (Lipinski definition) is 2. The Morgan fingerprint density at radius 2 is 2.11 bits per heavy atom. The third kappa shape index (κ3) is 2.92. The molecule has 2 N–H and O–H groups in total. The van der Waals surface area contributed by atoms with Crippen molar-refractivity contribution in [2.75, 3.05) is 6.54 Å². The molecule has 19 heavy (non-hydrogen) atoms. The molecule has 1 aliphatic rings. The van der Waals surface area contributed by atoms with E-state index < -0.39 is 5.97 Å². The summed E-state index contributed by atoms with van der Waals surface area (Å²) < 4.78 is 0. The van der Waals surface area contributed by atoms with E-state index in [1.807, 2.05) is 0 Å². The smallest absolute Gasteiger partial charge is 0.337 e. The van der Waals surface area contributed by atoms with Gasteiger partial charge in [0.2, 0.25) is 0 Å². The summed E-state index contributed by atoms with van der Waals surface area (Å²) in [6.45, 7) is 6.58. The number of carboxylic acid groups (broad SMARTS) is 1. The van der Waals surface area contributed by atoms with Crippen molar-refractivity contribution in [3.63, 3.8) is 0 Å². The number of amides is 1. The van der Waals surface area contributed by atoms with Crippen LogP contribution < -0.4 is 5.32 Å². The normalized spacial score (nSPS) is 19.8. The molecule has 1 fully saturated rings. The van der Waals surface area contributed by atoms with Gasteiger partial charge in [0, 0.05) is 6.54 Å². The Balaban J connectivity index is 2.00. The maximum atomic E-state index is 11.9. The molecule has 5 heteroatoms. The molecule has 0 spiro atoms. The first-order valence-corrected chi connectivity index (χ1v) is 6.30. The molecule has 2 rings (SSSR count). The van der Waals surface area contributed by atoms with Gasteiger partial charge in [-0.3, -0.25) is 4.79 Å². The van der Waals surface area contributed by atoms with Crippen LogP contribution in [0.5, 0.6) is 0 Å². The number of aromatic carboxylic acids is 1. The van der Waals surface area contributed by atoms with Crippen LogP contribution in [-0.2, 0) is 0 Å². The predicted molar refractivity (Wildman–Crippen MR) is 70.2 cm³/mol. The van der Waals surface area contributed by atoms with Gasteiger partial charge in [-0.2, -0.15) is 0 Å². The van der Waals surface area contributed by atoms with Crippen LogP contribution in [0.1, 0.15) is 46.8 Å². The first-order chi connectivity index (χ1) is 8.81. The summed E-state index contributed by atoms with van der Waals surface area (Å²) in [6.07, 6.45) is 1.12. The topological polar surface area (TPSA) is 79.3 Å². The second-order valence-electron chi connectivity index (χ2n) is 5.73. The lowest BCUT2D eigenvalue weighted by Crippen LogP contribution is -2.27. The molecule has 0 bridgehead atoms. The minimum absolute atomic E-state index is 0.125. The van der Waals surface area contributed by atoms with Crippen molar-refractivity contribution < 1.29 is 14.7 Å². The van der Waals surface area contributed by atoms with Gasteiger partial charge in [0.05, 0.1) is 11.3 Å². The van der Waals surface area contributed by atoms with Crippen LogP contribution >= 0.6 is 0 Å². The highest BCUT2D eigenvalue weighted by atomic mass is 16.4. The molecule has 0 aromatic carbocycles. The Bertz CT molecular complexity index is 537. The summed E-state index contributed by atoms with van der Waals surface area (Å²) in [5, 5.41) is 11.7. The fourth-order valence-electron chi connectivity index (χ4n) is 2.14. The van der Waals surface area contributed by atoms with Crippen molar-refractivity contribution in [3.8, 4) is 0 Å². The van der Waals surface area contributed by atoms with Crippen LogP contribution in [0.25, 0.3) is 0 Å². The van der Waals surface area contributed by atoms with E-state index in [4.69, 9.17) is 5.11 Å². The van der Waals surface area contributed by atoms with Gasteiger partial charge >= 0.3 is 5.97 Å². The maximum absolute atomic E-state index is 11.9. The zero-order valence-electron chi connectivity index (χ0n) is 11.4.